The van der Waals surface area contributed by atoms with Gasteiger partial charge < -0.3 is 4.90 Å². The van der Waals surface area contributed by atoms with Gasteiger partial charge in [0.2, 0.25) is 0 Å². The number of hydrogen-bond donors (Lipinski definition) is 1. The third-order valence-corrected chi connectivity index (χ3v) is 3.79. The van der Waals surface area contributed by atoms with Gasteiger partial charge in [-0.25, -0.2) is 9.97 Å². The molecule has 23 heavy (non-hydrogen) atoms. The van der Waals surface area contributed by atoms with E-state index in [2.05, 4.69) is 37.0 Å². The first-order valence-corrected chi connectivity index (χ1v) is 7.46. The number of rotatable bonds is 3. The predicted molar refractivity (Wildman–Crippen MR) is 88.9 cm³/mol. The van der Waals surface area contributed by atoms with E-state index in [1.807, 2.05) is 30.5 Å². The van der Waals surface area contributed by atoms with Gasteiger partial charge >= 0.3 is 0 Å². The van der Waals surface area contributed by atoms with Crippen LogP contribution in [-0.2, 0) is 0 Å². The summed E-state index contributed by atoms with van der Waals surface area (Å²) in [5.74, 6) is 1.58. The highest BCUT2D eigenvalue weighted by atomic mass is 15.2. The van der Waals surface area contributed by atoms with Crippen LogP contribution in [0.1, 0.15) is 6.92 Å². The summed E-state index contributed by atoms with van der Waals surface area (Å²) in [7, 11) is 0. The second kappa shape index (κ2) is 5.60. The summed E-state index contributed by atoms with van der Waals surface area (Å²) in [5.41, 5.74) is 3.51. The van der Waals surface area contributed by atoms with Gasteiger partial charge in [0.1, 0.15) is 17.7 Å². The maximum absolute atomic E-state index is 4.76. The molecule has 4 rings (SSSR count). The number of H-pyrrole nitrogens is 1. The first-order valence-electron chi connectivity index (χ1n) is 7.46. The molecule has 0 radical (unpaired) electrons. The first kappa shape index (κ1) is 13.6. The lowest BCUT2D eigenvalue weighted by molar-refractivity contribution is 0.895. The molecule has 114 valence electrons. The molecule has 0 atom stereocenters. The van der Waals surface area contributed by atoms with Crippen molar-refractivity contribution in [1.29, 1.82) is 0 Å². The molecule has 0 unspecified atom stereocenters. The summed E-state index contributed by atoms with van der Waals surface area (Å²) in [5, 5.41) is 6.64. The van der Waals surface area contributed by atoms with Crippen molar-refractivity contribution < 1.29 is 0 Å². The largest absolute Gasteiger partial charge is 0.350 e. The van der Waals surface area contributed by atoms with E-state index >= 15 is 0 Å². The number of nitrogens with zero attached hydrogens (tertiary/aromatic N) is 6. The van der Waals surface area contributed by atoms with Crippen LogP contribution in [0.2, 0.25) is 0 Å². The van der Waals surface area contributed by atoms with E-state index in [-0.39, 0.29) is 0 Å². The lowest BCUT2D eigenvalue weighted by atomic mass is 10.1. The average Bonchev–Trinajstić information content (AvgIpc) is 3.15. The summed E-state index contributed by atoms with van der Waals surface area (Å²) in [4.78, 5) is 19.9. The third kappa shape index (κ3) is 2.46. The van der Waals surface area contributed by atoms with Gasteiger partial charge in [0.05, 0.1) is 12.2 Å². The van der Waals surface area contributed by atoms with E-state index in [4.69, 9.17) is 4.98 Å². The quantitative estimate of drug-likeness (QED) is 0.803. The lowest BCUT2D eigenvalue weighted by Gasteiger charge is -2.25. The highest BCUT2D eigenvalue weighted by Gasteiger charge is 2.15. The molecule has 0 aliphatic carbocycles. The molecule has 0 bridgehead atoms. The number of aromatic amines is 1. The summed E-state index contributed by atoms with van der Waals surface area (Å²) in [6, 6.07) is 7.87. The van der Waals surface area contributed by atoms with Crippen molar-refractivity contribution in [3.05, 3.63) is 36.8 Å². The molecule has 7 heteroatoms. The Morgan fingerprint density at radius 3 is 2.78 bits per heavy atom. The maximum Gasteiger partial charge on any atom is 0.174 e. The minimum Gasteiger partial charge on any atom is -0.350 e. The molecule has 0 saturated carbocycles. The lowest BCUT2D eigenvalue weighted by Crippen LogP contribution is -2.27. The Morgan fingerprint density at radius 1 is 1.13 bits per heavy atom. The second-order valence-corrected chi connectivity index (χ2v) is 5.16. The van der Waals surface area contributed by atoms with Crippen LogP contribution in [0.5, 0.6) is 0 Å². The molecule has 0 fully saturated rings. The Morgan fingerprint density at radius 2 is 2.04 bits per heavy atom. The second-order valence-electron chi connectivity index (χ2n) is 5.16. The van der Waals surface area contributed by atoms with E-state index in [1.165, 1.54) is 6.33 Å². The first-order chi connectivity index (χ1) is 11.3. The minimum atomic E-state index is 0.654. The van der Waals surface area contributed by atoms with Crippen molar-refractivity contribution in [3.63, 3.8) is 0 Å². The van der Waals surface area contributed by atoms with Gasteiger partial charge in [0.25, 0.3) is 0 Å². The van der Waals surface area contributed by atoms with E-state index in [1.54, 1.807) is 6.20 Å². The Balaban J connectivity index is 1.70. The number of pyridine rings is 2. The molecule has 3 aromatic heterocycles. The number of anilines is 1. The van der Waals surface area contributed by atoms with Crippen molar-refractivity contribution in [2.24, 2.45) is 4.99 Å². The van der Waals surface area contributed by atoms with Crippen LogP contribution in [0.4, 0.5) is 11.5 Å². The van der Waals surface area contributed by atoms with Gasteiger partial charge in [-0.2, -0.15) is 5.10 Å². The average molecular weight is 305 g/mol. The molecule has 3 aromatic rings. The fourth-order valence-corrected chi connectivity index (χ4v) is 2.55. The number of nitrogens with one attached hydrogen (secondary N) is 1. The van der Waals surface area contributed by atoms with Gasteiger partial charge in [-0.05, 0) is 31.2 Å². The van der Waals surface area contributed by atoms with Gasteiger partial charge in [0.15, 0.2) is 11.6 Å². The van der Waals surface area contributed by atoms with Gasteiger partial charge in [-0.15, -0.1) is 0 Å². The van der Waals surface area contributed by atoms with E-state index in [0.717, 1.165) is 41.5 Å². The van der Waals surface area contributed by atoms with Crippen LogP contribution in [0, 0.1) is 0 Å². The number of aliphatic imine (C=N–C) groups is 1. The monoisotopic (exact) mass is 305 g/mol. The number of fused-ring (bicyclic) bond motifs is 1. The zero-order chi connectivity index (χ0) is 15.6. The molecule has 1 N–H and O–H groups in total. The van der Waals surface area contributed by atoms with Crippen molar-refractivity contribution in [3.8, 4) is 22.8 Å². The normalized spacial score (nSPS) is 13.2. The molecule has 1 aliphatic heterocycles. The van der Waals surface area contributed by atoms with E-state index in [9.17, 15) is 0 Å². The Kier molecular flexibility index (Phi) is 3.30. The topological polar surface area (TPSA) is 83.0 Å². The van der Waals surface area contributed by atoms with Crippen LogP contribution in [-0.4, -0.2) is 44.5 Å². The fraction of sp³-hybridized carbons (Fsp3) is 0.188. The highest BCUT2D eigenvalue weighted by molar-refractivity contribution is 5.81. The Hall–Kier alpha value is -3.09. The molecular formula is C16H15N7. The third-order valence-electron chi connectivity index (χ3n) is 3.79. The highest BCUT2D eigenvalue weighted by Crippen LogP contribution is 2.31. The number of aromatic nitrogens is 5. The van der Waals surface area contributed by atoms with Crippen LogP contribution >= 0.6 is 0 Å². The standard InChI is InChI=1S/C16H15N7/c1-2-23-8-7-17-14-6-5-12(21-16(14)23)11-3-4-13(18-9-11)15-19-10-20-22-15/h3-7,9-10H,2,8H2,1H3,(H,19,20,22). The summed E-state index contributed by atoms with van der Waals surface area (Å²) >= 11 is 0. The fourth-order valence-electron chi connectivity index (χ4n) is 2.55. The molecule has 1 aliphatic rings. The zero-order valence-electron chi connectivity index (χ0n) is 12.6. The van der Waals surface area contributed by atoms with Gasteiger partial charge in [-0.3, -0.25) is 15.1 Å². The maximum atomic E-state index is 4.76. The molecular weight excluding hydrogens is 290 g/mol. The molecule has 4 heterocycles. The van der Waals surface area contributed by atoms with Crippen LogP contribution in [0.15, 0.2) is 41.8 Å². The summed E-state index contributed by atoms with van der Waals surface area (Å²) < 4.78 is 0. The summed E-state index contributed by atoms with van der Waals surface area (Å²) in [6.45, 7) is 3.81. The van der Waals surface area contributed by atoms with Crippen LogP contribution < -0.4 is 4.90 Å². The predicted octanol–water partition coefficient (Wildman–Crippen LogP) is 2.47. The zero-order valence-corrected chi connectivity index (χ0v) is 12.6. The van der Waals surface area contributed by atoms with Crippen LogP contribution in [0.25, 0.3) is 22.8 Å². The van der Waals surface area contributed by atoms with Crippen molar-refractivity contribution in [1.82, 2.24) is 25.1 Å². The smallest absolute Gasteiger partial charge is 0.174 e. The van der Waals surface area contributed by atoms with Gasteiger partial charge in [-0.1, -0.05) is 0 Å². The molecule has 7 nitrogen and oxygen atoms in total. The van der Waals surface area contributed by atoms with E-state index < -0.39 is 0 Å². The van der Waals surface area contributed by atoms with Crippen molar-refractivity contribution in [2.45, 2.75) is 6.92 Å². The Labute approximate surface area is 133 Å². The molecule has 0 spiro atoms. The number of hydrogen-bond acceptors (Lipinski definition) is 6. The molecule has 0 saturated heterocycles. The minimum absolute atomic E-state index is 0.654. The van der Waals surface area contributed by atoms with Gasteiger partial charge in [0, 0.05) is 24.5 Å². The van der Waals surface area contributed by atoms with Crippen molar-refractivity contribution >= 4 is 17.7 Å². The van der Waals surface area contributed by atoms with E-state index in [0.29, 0.717) is 5.82 Å². The SMILES string of the molecule is CCN1CC=Nc2ccc(-c3ccc(-c4ncn[nH]4)nc3)nc21. The molecule has 0 amide bonds. The summed E-state index contributed by atoms with van der Waals surface area (Å²) in [6.07, 6.45) is 5.19. The van der Waals surface area contributed by atoms with Crippen LogP contribution in [0.3, 0.4) is 0 Å². The molecule has 0 aromatic carbocycles. The Bertz CT molecular complexity index is 837. The van der Waals surface area contributed by atoms with Crippen molar-refractivity contribution in [2.75, 3.05) is 18.0 Å².